The van der Waals surface area contributed by atoms with Crippen molar-refractivity contribution >= 4 is 24.7 Å². The van der Waals surface area contributed by atoms with Gasteiger partial charge in [0.25, 0.3) is 0 Å². The number of para-hydroxylation sites is 1. The first-order valence-corrected chi connectivity index (χ1v) is 13.8. The lowest BCUT2D eigenvalue weighted by Crippen LogP contribution is -2.36. The molecule has 2 heterocycles. The van der Waals surface area contributed by atoms with Crippen LogP contribution < -0.4 is 10.2 Å². The Morgan fingerprint density at radius 3 is 2.03 bits per heavy atom. The summed E-state index contributed by atoms with van der Waals surface area (Å²) < 4.78 is 0. The van der Waals surface area contributed by atoms with Crippen molar-refractivity contribution < 1.29 is 4.79 Å². The molecule has 176 valence electrons. The molecular weight excluding hydrogens is 433 g/mol. The van der Waals surface area contributed by atoms with Gasteiger partial charge in [0, 0.05) is 12.1 Å². The Kier molecular flexibility index (Phi) is 5.72. The molecule has 3 heteroatoms. The number of ketones is 1. The summed E-state index contributed by atoms with van der Waals surface area (Å²) in [4.78, 5) is 16.5. The molecule has 0 aromatic heterocycles. The van der Waals surface area contributed by atoms with E-state index in [0.717, 1.165) is 12.0 Å². The van der Waals surface area contributed by atoms with Crippen molar-refractivity contribution in [2.24, 2.45) is 0 Å². The van der Waals surface area contributed by atoms with Crippen molar-refractivity contribution in [2.45, 2.75) is 76.3 Å². The molecule has 2 aliphatic heterocycles. The van der Waals surface area contributed by atoms with E-state index in [1.54, 1.807) is 0 Å². The number of nitrogens with zero attached hydrogens (tertiary/aromatic N) is 1. The monoisotopic (exact) mass is 469 g/mol. The van der Waals surface area contributed by atoms with Crippen LogP contribution in [0.15, 0.2) is 78.9 Å². The van der Waals surface area contributed by atoms with E-state index in [-0.39, 0.29) is 28.3 Å². The third kappa shape index (κ3) is 3.81. The van der Waals surface area contributed by atoms with E-state index in [1.165, 1.54) is 22.1 Å². The van der Waals surface area contributed by atoms with Crippen LogP contribution in [0.2, 0.25) is 0 Å². The van der Waals surface area contributed by atoms with Gasteiger partial charge in [-0.2, -0.15) is 0 Å². The predicted octanol–water partition coefficient (Wildman–Crippen LogP) is 7.23. The summed E-state index contributed by atoms with van der Waals surface area (Å²) in [5, 5.41) is 1.74. The van der Waals surface area contributed by atoms with Gasteiger partial charge >= 0.3 is 0 Å². The third-order valence-electron chi connectivity index (χ3n) is 7.27. The van der Waals surface area contributed by atoms with Crippen LogP contribution >= 0.6 is 7.92 Å². The van der Waals surface area contributed by atoms with Crippen LogP contribution in [-0.2, 0) is 11.2 Å². The second kappa shape index (κ2) is 8.35. The van der Waals surface area contributed by atoms with Crippen molar-refractivity contribution in [1.82, 2.24) is 0 Å². The largest absolute Gasteiger partial charge is 0.353 e. The minimum Gasteiger partial charge on any atom is -0.353 e. The maximum Gasteiger partial charge on any atom is 0.165 e. The molecule has 1 saturated heterocycles. The molecule has 0 saturated carbocycles. The Morgan fingerprint density at radius 2 is 1.35 bits per heavy atom. The lowest BCUT2D eigenvalue weighted by molar-refractivity contribution is -0.119. The fraction of sp³-hybridized carbons (Fsp3) is 0.387. The molecule has 0 bridgehead atoms. The highest BCUT2D eigenvalue weighted by Crippen LogP contribution is 2.60. The zero-order chi connectivity index (χ0) is 24.3. The normalized spacial score (nSPS) is 22.3. The number of anilines is 1. The average molecular weight is 470 g/mol. The van der Waals surface area contributed by atoms with E-state index in [4.69, 9.17) is 0 Å². The summed E-state index contributed by atoms with van der Waals surface area (Å²) in [6, 6.07) is 28.0. The van der Waals surface area contributed by atoms with Crippen LogP contribution in [0.1, 0.15) is 70.2 Å². The van der Waals surface area contributed by atoms with Crippen LogP contribution in [0, 0.1) is 0 Å². The molecule has 5 rings (SSSR count). The summed E-state index contributed by atoms with van der Waals surface area (Å²) in [6.45, 7) is 14.3. The molecule has 0 amide bonds. The highest BCUT2D eigenvalue weighted by molar-refractivity contribution is 7.68. The second-order valence-electron chi connectivity index (χ2n) is 11.7. The van der Waals surface area contributed by atoms with Gasteiger partial charge in [-0.3, -0.25) is 4.79 Å². The van der Waals surface area contributed by atoms with Gasteiger partial charge in [-0.05, 0) is 38.4 Å². The molecule has 0 aliphatic carbocycles. The van der Waals surface area contributed by atoms with Crippen LogP contribution in [0.25, 0.3) is 0 Å². The SMILES string of the molecule is CC(C)(C)P(c1ccccc1[C@H]1C(c2ccccc2)C(=O)[C@@H]2Cc3ccccc3N21)C(C)(C)C. The van der Waals surface area contributed by atoms with Crippen LogP contribution in [0.4, 0.5) is 5.69 Å². The van der Waals surface area contributed by atoms with Gasteiger partial charge in [0.2, 0.25) is 0 Å². The number of Topliss-reactive ketones (excluding diaryl/α,β-unsaturated/α-hetero) is 1. The highest BCUT2D eigenvalue weighted by atomic mass is 31.1. The number of hydrogen-bond donors (Lipinski definition) is 0. The van der Waals surface area contributed by atoms with E-state index in [0.29, 0.717) is 5.78 Å². The molecule has 3 aromatic carbocycles. The lowest BCUT2D eigenvalue weighted by atomic mass is 9.85. The van der Waals surface area contributed by atoms with E-state index in [1.807, 2.05) is 6.07 Å². The molecule has 0 spiro atoms. The topological polar surface area (TPSA) is 20.3 Å². The third-order valence-corrected chi connectivity index (χ3v) is 10.8. The van der Waals surface area contributed by atoms with Gasteiger partial charge in [-0.1, -0.05) is 122 Å². The molecular formula is C31H36NOP. The standard InChI is InChI=1S/C31H36NOP/c1-30(2,3)34(31(4,5)6)26-19-13-11-17-23(26)28-27(21-14-8-7-9-15-21)29(33)25-20-22-16-10-12-18-24(22)32(25)28/h7-19,25,27-28H,20H2,1-6H3/t25-,27?,28-/m0/s1. The summed E-state index contributed by atoms with van der Waals surface area (Å²) in [5.41, 5.74) is 4.99. The molecule has 1 fully saturated rings. The Bertz CT molecular complexity index is 1190. The van der Waals surface area contributed by atoms with E-state index < -0.39 is 7.92 Å². The van der Waals surface area contributed by atoms with Gasteiger partial charge in [-0.15, -0.1) is 0 Å². The zero-order valence-electron chi connectivity index (χ0n) is 21.2. The highest BCUT2D eigenvalue weighted by Gasteiger charge is 2.53. The maximum absolute atomic E-state index is 14.1. The van der Waals surface area contributed by atoms with Gasteiger partial charge < -0.3 is 4.90 Å². The van der Waals surface area contributed by atoms with E-state index in [9.17, 15) is 4.79 Å². The first-order chi connectivity index (χ1) is 16.1. The number of benzene rings is 3. The fourth-order valence-electron chi connectivity index (χ4n) is 6.52. The molecule has 1 unspecified atom stereocenters. The van der Waals surface area contributed by atoms with Gasteiger partial charge in [0.15, 0.2) is 5.78 Å². The Hall–Kier alpha value is -2.44. The number of rotatable bonds is 3. The molecule has 3 aromatic rings. The fourth-order valence-corrected chi connectivity index (χ4v) is 10.7. The average Bonchev–Trinajstić information content (AvgIpc) is 3.28. The Morgan fingerprint density at radius 1 is 0.765 bits per heavy atom. The van der Waals surface area contributed by atoms with Crippen LogP contribution in [0.5, 0.6) is 0 Å². The number of carbonyl (C=O) groups excluding carboxylic acids is 1. The van der Waals surface area contributed by atoms with Crippen molar-refractivity contribution in [3.05, 3.63) is 95.6 Å². The maximum atomic E-state index is 14.1. The summed E-state index contributed by atoms with van der Waals surface area (Å²) >= 11 is 0. The first kappa shape index (κ1) is 23.3. The number of fused-ring (bicyclic) bond motifs is 3. The Balaban J connectivity index is 1.75. The first-order valence-electron chi connectivity index (χ1n) is 12.4. The minimum atomic E-state index is -0.500. The smallest absolute Gasteiger partial charge is 0.165 e. The second-order valence-corrected chi connectivity index (χ2v) is 15.6. The van der Waals surface area contributed by atoms with Crippen LogP contribution in [-0.4, -0.2) is 22.1 Å². The summed E-state index contributed by atoms with van der Waals surface area (Å²) in [7, 11) is -0.500. The lowest BCUT2D eigenvalue weighted by Gasteiger charge is -2.44. The van der Waals surface area contributed by atoms with Crippen molar-refractivity contribution in [3.63, 3.8) is 0 Å². The van der Waals surface area contributed by atoms with E-state index >= 15 is 0 Å². The molecule has 3 atom stereocenters. The minimum absolute atomic E-state index is 0.00875. The number of hydrogen-bond acceptors (Lipinski definition) is 2. The summed E-state index contributed by atoms with van der Waals surface area (Å²) in [5.74, 6) is 0.204. The van der Waals surface area contributed by atoms with Crippen molar-refractivity contribution in [1.29, 1.82) is 0 Å². The van der Waals surface area contributed by atoms with Crippen molar-refractivity contribution in [3.8, 4) is 0 Å². The molecule has 0 radical (unpaired) electrons. The molecule has 2 nitrogen and oxygen atoms in total. The van der Waals surface area contributed by atoms with Gasteiger partial charge in [0.1, 0.15) is 0 Å². The number of carbonyl (C=O) groups is 1. The summed E-state index contributed by atoms with van der Waals surface area (Å²) in [6.07, 6.45) is 0.810. The zero-order valence-corrected chi connectivity index (χ0v) is 22.1. The Labute approximate surface area is 206 Å². The van der Waals surface area contributed by atoms with E-state index in [2.05, 4.69) is 119 Å². The molecule has 2 aliphatic rings. The van der Waals surface area contributed by atoms with Gasteiger partial charge in [-0.25, -0.2) is 0 Å². The molecule has 34 heavy (non-hydrogen) atoms. The molecule has 0 N–H and O–H groups in total. The predicted molar refractivity (Wildman–Crippen MR) is 146 cm³/mol. The van der Waals surface area contributed by atoms with Crippen molar-refractivity contribution in [2.75, 3.05) is 4.90 Å². The van der Waals surface area contributed by atoms with Crippen LogP contribution in [0.3, 0.4) is 0 Å². The quantitative estimate of drug-likeness (QED) is 0.377. The van der Waals surface area contributed by atoms with Gasteiger partial charge in [0.05, 0.1) is 18.0 Å².